The van der Waals surface area contributed by atoms with Gasteiger partial charge >= 0.3 is 0 Å². The molecule has 1 heterocycles. The Morgan fingerprint density at radius 2 is 2.00 bits per heavy atom. The summed E-state index contributed by atoms with van der Waals surface area (Å²) in [5.74, 6) is 2.09. The third-order valence-electron chi connectivity index (χ3n) is 2.04. The van der Waals surface area contributed by atoms with Crippen LogP contribution in [0.2, 0.25) is 0 Å². The van der Waals surface area contributed by atoms with E-state index >= 15 is 0 Å². The van der Waals surface area contributed by atoms with Crippen molar-refractivity contribution in [2.75, 3.05) is 21.1 Å². The zero-order valence-corrected chi connectivity index (χ0v) is 9.07. The number of hydrogen-bond acceptors (Lipinski definition) is 4. The van der Waals surface area contributed by atoms with Crippen LogP contribution in [0.3, 0.4) is 0 Å². The lowest BCUT2D eigenvalue weighted by Crippen LogP contribution is -2.44. The van der Waals surface area contributed by atoms with Crippen molar-refractivity contribution in [3.63, 3.8) is 0 Å². The maximum Gasteiger partial charge on any atom is 0.203 e. The number of nitrogens with zero attached hydrogens (tertiary/aromatic N) is 4. The van der Waals surface area contributed by atoms with Gasteiger partial charge in [0.15, 0.2) is 0 Å². The van der Waals surface area contributed by atoms with Gasteiger partial charge in [-0.1, -0.05) is 6.92 Å². The summed E-state index contributed by atoms with van der Waals surface area (Å²) in [5, 5.41) is 0. The lowest BCUT2D eigenvalue weighted by atomic mass is 10.3. The van der Waals surface area contributed by atoms with Crippen LogP contribution in [0.15, 0.2) is 9.98 Å². The first-order valence-electron chi connectivity index (χ1n) is 4.61. The molecule has 13 heavy (non-hydrogen) atoms. The second-order valence-corrected chi connectivity index (χ2v) is 3.41. The highest BCUT2D eigenvalue weighted by atomic mass is 15.4. The molecule has 1 rings (SSSR count). The zero-order chi connectivity index (χ0) is 10.0. The molecular weight excluding hydrogens is 164 g/mol. The van der Waals surface area contributed by atoms with Gasteiger partial charge in [-0.15, -0.1) is 0 Å². The van der Waals surface area contributed by atoms with E-state index in [1.54, 1.807) is 0 Å². The van der Waals surface area contributed by atoms with E-state index in [4.69, 9.17) is 0 Å². The third-order valence-corrected chi connectivity index (χ3v) is 2.04. The minimum Gasteiger partial charge on any atom is -0.349 e. The monoisotopic (exact) mass is 182 g/mol. The van der Waals surface area contributed by atoms with Crippen LogP contribution in [0.25, 0.3) is 0 Å². The summed E-state index contributed by atoms with van der Waals surface area (Å²) in [6, 6.07) is 0. The van der Waals surface area contributed by atoms with Crippen LogP contribution in [0.5, 0.6) is 0 Å². The third kappa shape index (κ3) is 1.99. The molecule has 0 aromatic rings. The van der Waals surface area contributed by atoms with Crippen molar-refractivity contribution in [3.05, 3.63) is 0 Å². The summed E-state index contributed by atoms with van der Waals surface area (Å²) < 4.78 is 0. The van der Waals surface area contributed by atoms with E-state index in [-0.39, 0.29) is 6.17 Å². The summed E-state index contributed by atoms with van der Waals surface area (Å²) in [7, 11) is 6.01. The summed E-state index contributed by atoms with van der Waals surface area (Å²) in [4.78, 5) is 12.9. The molecular formula is C9H18N4. The van der Waals surface area contributed by atoms with Gasteiger partial charge in [0.25, 0.3) is 0 Å². The molecule has 1 atom stereocenters. The number of amidine groups is 1. The first-order valence-corrected chi connectivity index (χ1v) is 4.61. The molecule has 4 nitrogen and oxygen atoms in total. The van der Waals surface area contributed by atoms with Gasteiger partial charge in [-0.2, -0.15) is 0 Å². The Morgan fingerprint density at radius 3 is 2.46 bits per heavy atom. The fourth-order valence-corrected chi connectivity index (χ4v) is 1.44. The van der Waals surface area contributed by atoms with Crippen molar-refractivity contribution in [3.8, 4) is 0 Å². The average Bonchev–Trinajstić information content (AvgIpc) is 2.08. The predicted molar refractivity (Wildman–Crippen MR) is 56.1 cm³/mol. The maximum atomic E-state index is 4.44. The van der Waals surface area contributed by atoms with Crippen molar-refractivity contribution in [1.29, 1.82) is 0 Å². The molecule has 0 N–H and O–H groups in total. The van der Waals surface area contributed by atoms with E-state index in [2.05, 4.69) is 16.9 Å². The highest BCUT2D eigenvalue weighted by molar-refractivity contribution is 6.00. The Kier molecular flexibility index (Phi) is 2.90. The van der Waals surface area contributed by atoms with Gasteiger partial charge in [0.1, 0.15) is 12.0 Å². The van der Waals surface area contributed by atoms with Crippen LogP contribution in [-0.4, -0.2) is 48.9 Å². The van der Waals surface area contributed by atoms with Crippen LogP contribution in [0.4, 0.5) is 0 Å². The SMILES string of the molecule is CCC1=NC(C)N=C(N(C)C)N1C. The second kappa shape index (κ2) is 3.77. The fourth-order valence-electron chi connectivity index (χ4n) is 1.44. The highest BCUT2D eigenvalue weighted by Gasteiger charge is 2.19. The van der Waals surface area contributed by atoms with Gasteiger partial charge in [0.05, 0.1) is 0 Å². The van der Waals surface area contributed by atoms with Gasteiger partial charge in [-0.3, -0.25) is 0 Å². The number of rotatable bonds is 1. The molecule has 1 aliphatic rings. The zero-order valence-electron chi connectivity index (χ0n) is 9.07. The van der Waals surface area contributed by atoms with Crippen molar-refractivity contribution in [1.82, 2.24) is 9.80 Å². The molecule has 74 valence electrons. The lowest BCUT2D eigenvalue weighted by molar-refractivity contribution is 0.498. The molecule has 0 aliphatic carbocycles. The van der Waals surface area contributed by atoms with E-state index in [0.29, 0.717) is 0 Å². The Balaban J connectivity index is 2.88. The normalized spacial score (nSPS) is 22.5. The van der Waals surface area contributed by atoms with Crippen molar-refractivity contribution in [2.45, 2.75) is 26.4 Å². The number of hydrogen-bond donors (Lipinski definition) is 0. The average molecular weight is 182 g/mol. The Bertz CT molecular complexity index is 242. The smallest absolute Gasteiger partial charge is 0.203 e. The molecule has 0 spiro atoms. The molecule has 0 aromatic carbocycles. The van der Waals surface area contributed by atoms with E-state index in [1.165, 1.54) is 0 Å². The second-order valence-electron chi connectivity index (χ2n) is 3.41. The molecule has 1 aliphatic heterocycles. The van der Waals surface area contributed by atoms with Gasteiger partial charge in [0.2, 0.25) is 5.96 Å². The van der Waals surface area contributed by atoms with E-state index < -0.39 is 0 Å². The van der Waals surface area contributed by atoms with Crippen LogP contribution < -0.4 is 0 Å². The predicted octanol–water partition coefficient (Wildman–Crippen LogP) is 1.00. The van der Waals surface area contributed by atoms with Gasteiger partial charge < -0.3 is 9.80 Å². The van der Waals surface area contributed by atoms with Crippen molar-refractivity contribution < 1.29 is 0 Å². The summed E-state index contributed by atoms with van der Waals surface area (Å²) in [6.45, 7) is 4.12. The van der Waals surface area contributed by atoms with Crippen molar-refractivity contribution >= 4 is 11.8 Å². The molecule has 0 fully saturated rings. The first kappa shape index (κ1) is 10.0. The van der Waals surface area contributed by atoms with Crippen LogP contribution in [0, 0.1) is 0 Å². The molecule has 4 heteroatoms. The fraction of sp³-hybridized carbons (Fsp3) is 0.778. The number of aliphatic imine (C=N–C) groups is 2. The standard InChI is InChI=1S/C9H18N4/c1-6-8-10-7(2)11-9(12(3)4)13(8)5/h7H,6H2,1-5H3. The molecule has 0 bridgehead atoms. The Hall–Kier alpha value is -1.06. The van der Waals surface area contributed by atoms with E-state index in [9.17, 15) is 0 Å². The van der Waals surface area contributed by atoms with Crippen molar-refractivity contribution in [2.24, 2.45) is 9.98 Å². The molecule has 0 aromatic heterocycles. The lowest BCUT2D eigenvalue weighted by Gasteiger charge is -2.31. The number of guanidine groups is 1. The molecule has 0 saturated heterocycles. The Labute approximate surface area is 80.0 Å². The highest BCUT2D eigenvalue weighted by Crippen LogP contribution is 2.09. The van der Waals surface area contributed by atoms with Crippen LogP contribution >= 0.6 is 0 Å². The molecule has 0 amide bonds. The molecule has 0 saturated carbocycles. The van der Waals surface area contributed by atoms with Gasteiger partial charge in [0, 0.05) is 27.6 Å². The quantitative estimate of drug-likeness (QED) is 0.606. The topological polar surface area (TPSA) is 31.2 Å². The van der Waals surface area contributed by atoms with Gasteiger partial charge in [-0.25, -0.2) is 9.98 Å². The first-order chi connectivity index (χ1) is 6.06. The van der Waals surface area contributed by atoms with Crippen LogP contribution in [-0.2, 0) is 0 Å². The van der Waals surface area contributed by atoms with E-state index in [0.717, 1.165) is 18.2 Å². The minimum atomic E-state index is 0.0588. The van der Waals surface area contributed by atoms with Crippen LogP contribution in [0.1, 0.15) is 20.3 Å². The van der Waals surface area contributed by atoms with Gasteiger partial charge in [-0.05, 0) is 6.92 Å². The minimum absolute atomic E-state index is 0.0588. The summed E-state index contributed by atoms with van der Waals surface area (Å²) >= 11 is 0. The maximum absolute atomic E-state index is 4.44. The largest absolute Gasteiger partial charge is 0.349 e. The summed E-state index contributed by atoms with van der Waals surface area (Å²) in [5.41, 5.74) is 0. The molecule has 0 radical (unpaired) electrons. The van der Waals surface area contributed by atoms with E-state index in [1.807, 2.05) is 37.9 Å². The summed E-state index contributed by atoms with van der Waals surface area (Å²) in [6.07, 6.45) is 1.01. The molecule has 1 unspecified atom stereocenters. The Morgan fingerprint density at radius 1 is 1.38 bits per heavy atom.